The van der Waals surface area contributed by atoms with Gasteiger partial charge in [-0.15, -0.1) is 5.10 Å². The van der Waals surface area contributed by atoms with E-state index in [1.165, 1.54) is 11.0 Å². The molecule has 0 fully saturated rings. The van der Waals surface area contributed by atoms with Gasteiger partial charge in [-0.2, -0.15) is 0 Å². The molecule has 1 aromatic heterocycles. The fourth-order valence-corrected chi connectivity index (χ4v) is 2.40. The van der Waals surface area contributed by atoms with Crippen LogP contribution in [0.5, 0.6) is 5.75 Å². The summed E-state index contributed by atoms with van der Waals surface area (Å²) in [6, 6.07) is 11.9. The molecule has 0 bridgehead atoms. The zero-order valence-corrected chi connectivity index (χ0v) is 14.6. The van der Waals surface area contributed by atoms with Crippen molar-refractivity contribution >= 4 is 34.8 Å². The number of hydrogen-bond donors (Lipinski definition) is 1. The summed E-state index contributed by atoms with van der Waals surface area (Å²) in [6.07, 6.45) is 0.718. The summed E-state index contributed by atoms with van der Waals surface area (Å²) in [6.45, 7) is 1.64. The Morgan fingerprint density at radius 3 is 2.84 bits per heavy atom. The first-order chi connectivity index (χ1) is 12.0. The molecule has 128 valence electrons. The molecule has 9 heteroatoms. The van der Waals surface area contributed by atoms with E-state index in [1.54, 1.807) is 43.3 Å². The van der Waals surface area contributed by atoms with Crippen LogP contribution >= 0.6 is 23.2 Å². The molecule has 0 radical (unpaired) electrons. The number of benzene rings is 2. The average molecular weight is 378 g/mol. The van der Waals surface area contributed by atoms with Crippen LogP contribution in [0.4, 0.5) is 5.69 Å². The van der Waals surface area contributed by atoms with Gasteiger partial charge in [-0.05, 0) is 47.7 Å². The van der Waals surface area contributed by atoms with Gasteiger partial charge in [0.1, 0.15) is 12.1 Å². The Hall–Kier alpha value is -2.64. The molecule has 7 nitrogen and oxygen atoms in total. The number of carbonyl (C=O) groups is 1. The van der Waals surface area contributed by atoms with Crippen molar-refractivity contribution < 1.29 is 9.53 Å². The third-order valence-corrected chi connectivity index (χ3v) is 3.86. The van der Waals surface area contributed by atoms with Crippen molar-refractivity contribution in [2.45, 2.75) is 13.0 Å². The van der Waals surface area contributed by atoms with Crippen LogP contribution < -0.4 is 10.1 Å². The van der Waals surface area contributed by atoms with Crippen molar-refractivity contribution in [2.24, 2.45) is 0 Å². The summed E-state index contributed by atoms with van der Waals surface area (Å²) in [5, 5.41) is 14.5. The number of anilines is 1. The Bertz CT molecular complexity index is 886. The second kappa shape index (κ2) is 7.50. The summed E-state index contributed by atoms with van der Waals surface area (Å²) in [4.78, 5) is 12.3. The Labute approximate surface area is 153 Å². The molecule has 2 aromatic carbocycles. The van der Waals surface area contributed by atoms with E-state index in [0.717, 1.165) is 0 Å². The SMILES string of the molecule is C[C@@H](Oc1cccc(-n2cnnn2)c1)C(=O)Nc1cc(Cl)ccc1Cl. The topological polar surface area (TPSA) is 81.9 Å². The molecule has 0 aliphatic carbocycles. The lowest BCUT2D eigenvalue weighted by molar-refractivity contribution is -0.122. The smallest absolute Gasteiger partial charge is 0.265 e. The van der Waals surface area contributed by atoms with Gasteiger partial charge < -0.3 is 10.1 Å². The largest absolute Gasteiger partial charge is 0.481 e. The molecule has 1 heterocycles. The maximum atomic E-state index is 12.3. The summed E-state index contributed by atoms with van der Waals surface area (Å²) < 4.78 is 7.18. The minimum Gasteiger partial charge on any atom is -0.481 e. The van der Waals surface area contributed by atoms with Crippen molar-refractivity contribution in [2.75, 3.05) is 5.32 Å². The Morgan fingerprint density at radius 1 is 1.24 bits per heavy atom. The standard InChI is InChI=1S/C16H13Cl2N5O2/c1-10(16(24)20-15-7-11(17)5-6-14(15)18)25-13-4-2-3-12(8-13)23-9-19-21-22-23/h2-10H,1H3,(H,20,24)/t10-/m1/s1. The van der Waals surface area contributed by atoms with Gasteiger partial charge in [-0.3, -0.25) is 4.79 Å². The molecule has 3 aromatic rings. The molecule has 0 aliphatic heterocycles. The van der Waals surface area contributed by atoms with E-state index in [2.05, 4.69) is 20.8 Å². The van der Waals surface area contributed by atoms with E-state index in [4.69, 9.17) is 27.9 Å². The Kier molecular flexibility index (Phi) is 5.16. The molecule has 0 saturated heterocycles. The molecular formula is C16H13Cl2N5O2. The molecule has 0 saturated carbocycles. The fourth-order valence-electron chi connectivity index (χ4n) is 2.06. The highest BCUT2D eigenvalue weighted by molar-refractivity contribution is 6.35. The highest BCUT2D eigenvalue weighted by Gasteiger charge is 2.16. The minimum absolute atomic E-state index is 0.350. The number of nitrogens with zero attached hydrogens (tertiary/aromatic N) is 4. The maximum absolute atomic E-state index is 12.3. The Balaban J connectivity index is 1.69. The van der Waals surface area contributed by atoms with Gasteiger partial charge in [-0.1, -0.05) is 29.3 Å². The maximum Gasteiger partial charge on any atom is 0.265 e. The van der Waals surface area contributed by atoms with Crippen molar-refractivity contribution in [3.8, 4) is 11.4 Å². The third-order valence-electron chi connectivity index (χ3n) is 3.30. The molecule has 0 unspecified atom stereocenters. The first-order valence-corrected chi connectivity index (χ1v) is 8.04. The van der Waals surface area contributed by atoms with Crippen LogP contribution in [0.3, 0.4) is 0 Å². The molecule has 25 heavy (non-hydrogen) atoms. The van der Waals surface area contributed by atoms with E-state index < -0.39 is 6.10 Å². The number of carbonyl (C=O) groups excluding carboxylic acids is 1. The van der Waals surface area contributed by atoms with Crippen LogP contribution in [0.15, 0.2) is 48.8 Å². The van der Waals surface area contributed by atoms with Gasteiger partial charge >= 0.3 is 0 Å². The molecular weight excluding hydrogens is 365 g/mol. The lowest BCUT2D eigenvalue weighted by Crippen LogP contribution is -2.30. The summed E-state index contributed by atoms with van der Waals surface area (Å²) in [5.74, 6) is 0.157. The van der Waals surface area contributed by atoms with Crippen molar-refractivity contribution in [1.82, 2.24) is 20.2 Å². The number of amides is 1. The second-order valence-corrected chi connectivity index (χ2v) is 5.97. The van der Waals surface area contributed by atoms with E-state index in [0.29, 0.717) is 27.2 Å². The summed E-state index contributed by atoms with van der Waals surface area (Å²) >= 11 is 12.0. The summed E-state index contributed by atoms with van der Waals surface area (Å²) in [7, 11) is 0. The first kappa shape index (κ1) is 17.2. The second-order valence-electron chi connectivity index (χ2n) is 5.13. The number of aromatic nitrogens is 4. The van der Waals surface area contributed by atoms with E-state index in [-0.39, 0.29) is 5.91 Å². The predicted octanol–water partition coefficient (Wildman–Crippen LogP) is 3.38. The number of nitrogens with one attached hydrogen (secondary N) is 1. The number of ether oxygens (including phenoxy) is 1. The molecule has 3 rings (SSSR count). The third kappa shape index (κ3) is 4.26. The zero-order chi connectivity index (χ0) is 17.8. The highest BCUT2D eigenvalue weighted by atomic mass is 35.5. The fraction of sp³-hybridized carbons (Fsp3) is 0.125. The lowest BCUT2D eigenvalue weighted by Gasteiger charge is -2.16. The number of rotatable bonds is 5. The summed E-state index contributed by atoms with van der Waals surface area (Å²) in [5.41, 5.74) is 1.14. The van der Waals surface area contributed by atoms with Gasteiger partial charge in [0.15, 0.2) is 6.10 Å². The van der Waals surface area contributed by atoms with Crippen LogP contribution in [0.1, 0.15) is 6.92 Å². The van der Waals surface area contributed by atoms with Gasteiger partial charge in [0.2, 0.25) is 0 Å². The van der Waals surface area contributed by atoms with E-state index in [1.807, 2.05) is 6.07 Å². The predicted molar refractivity (Wildman–Crippen MR) is 94.3 cm³/mol. The van der Waals surface area contributed by atoms with Crippen LogP contribution in [-0.4, -0.2) is 32.2 Å². The minimum atomic E-state index is -0.751. The molecule has 1 amide bonds. The normalized spacial score (nSPS) is 11.8. The Morgan fingerprint density at radius 2 is 2.08 bits per heavy atom. The highest BCUT2D eigenvalue weighted by Crippen LogP contribution is 2.26. The molecule has 0 spiro atoms. The van der Waals surface area contributed by atoms with Gasteiger partial charge in [0, 0.05) is 11.1 Å². The lowest BCUT2D eigenvalue weighted by atomic mass is 10.2. The van der Waals surface area contributed by atoms with Crippen LogP contribution in [0.2, 0.25) is 10.0 Å². The molecule has 1 N–H and O–H groups in total. The monoisotopic (exact) mass is 377 g/mol. The molecule has 0 aliphatic rings. The van der Waals surface area contributed by atoms with Crippen molar-refractivity contribution in [1.29, 1.82) is 0 Å². The van der Waals surface area contributed by atoms with E-state index >= 15 is 0 Å². The van der Waals surface area contributed by atoms with Crippen LogP contribution in [-0.2, 0) is 4.79 Å². The van der Waals surface area contributed by atoms with E-state index in [9.17, 15) is 4.79 Å². The number of hydrogen-bond acceptors (Lipinski definition) is 5. The average Bonchev–Trinajstić information content (AvgIpc) is 3.13. The zero-order valence-electron chi connectivity index (χ0n) is 13.1. The molecule has 1 atom stereocenters. The first-order valence-electron chi connectivity index (χ1n) is 7.29. The van der Waals surface area contributed by atoms with Crippen molar-refractivity contribution in [3.05, 3.63) is 58.8 Å². The number of halogens is 2. The van der Waals surface area contributed by atoms with Crippen molar-refractivity contribution in [3.63, 3.8) is 0 Å². The van der Waals surface area contributed by atoms with Gasteiger partial charge in [0.05, 0.1) is 16.4 Å². The van der Waals surface area contributed by atoms with Gasteiger partial charge in [0.25, 0.3) is 5.91 Å². The van der Waals surface area contributed by atoms with Crippen LogP contribution in [0, 0.1) is 0 Å². The quantitative estimate of drug-likeness (QED) is 0.736. The number of tetrazole rings is 1. The van der Waals surface area contributed by atoms with Gasteiger partial charge in [-0.25, -0.2) is 4.68 Å². The van der Waals surface area contributed by atoms with Crippen LogP contribution in [0.25, 0.3) is 5.69 Å².